The van der Waals surface area contributed by atoms with Gasteiger partial charge < -0.3 is 10.2 Å². The van der Waals surface area contributed by atoms with Crippen molar-refractivity contribution >= 4 is 11.8 Å². The first-order chi connectivity index (χ1) is 13.1. The zero-order valence-corrected chi connectivity index (χ0v) is 18.8. The van der Waals surface area contributed by atoms with Crippen molar-refractivity contribution in [2.24, 2.45) is 40.4 Å². The highest BCUT2D eigenvalue weighted by atomic mass is 16.2. The minimum atomic E-state index is 0.100. The summed E-state index contributed by atoms with van der Waals surface area (Å²) in [5.41, 5.74) is 0.625. The van der Waals surface area contributed by atoms with Crippen LogP contribution in [-0.2, 0) is 9.59 Å². The van der Waals surface area contributed by atoms with Crippen molar-refractivity contribution in [1.82, 2.24) is 10.2 Å². The number of fused-ring (bicyclic) bond motifs is 5. The van der Waals surface area contributed by atoms with Crippen LogP contribution in [0.2, 0.25) is 0 Å². The predicted octanol–water partition coefficient (Wildman–Crippen LogP) is 4.24. The molecule has 28 heavy (non-hydrogen) atoms. The fourth-order valence-corrected chi connectivity index (χ4v) is 9.03. The summed E-state index contributed by atoms with van der Waals surface area (Å²) >= 11 is 0. The van der Waals surface area contributed by atoms with Crippen molar-refractivity contribution in [2.45, 2.75) is 91.6 Å². The molecule has 1 heterocycles. The van der Waals surface area contributed by atoms with E-state index in [4.69, 9.17) is 0 Å². The average molecular weight is 389 g/mol. The Labute approximate surface area is 171 Å². The summed E-state index contributed by atoms with van der Waals surface area (Å²) in [6.45, 7) is 11.3. The van der Waals surface area contributed by atoms with E-state index in [1.165, 1.54) is 32.1 Å². The maximum atomic E-state index is 12.3. The summed E-state index contributed by atoms with van der Waals surface area (Å²) in [6.07, 6.45) is 8.13. The third kappa shape index (κ3) is 2.76. The zero-order chi connectivity index (χ0) is 20.4. The van der Waals surface area contributed by atoms with E-state index in [0.29, 0.717) is 29.2 Å². The van der Waals surface area contributed by atoms with Crippen LogP contribution >= 0.6 is 0 Å². The molecule has 4 fully saturated rings. The molecule has 0 aromatic rings. The second-order valence-corrected chi connectivity index (χ2v) is 11.3. The van der Waals surface area contributed by atoms with Crippen molar-refractivity contribution in [2.75, 3.05) is 7.05 Å². The van der Waals surface area contributed by atoms with Crippen molar-refractivity contribution in [3.05, 3.63) is 0 Å². The fraction of sp³-hybridized carbons (Fsp3) is 0.917. The van der Waals surface area contributed by atoms with Gasteiger partial charge in [0.25, 0.3) is 0 Å². The lowest BCUT2D eigenvalue weighted by atomic mass is 9.46. The molecule has 0 unspecified atom stereocenters. The van der Waals surface area contributed by atoms with Gasteiger partial charge in [0, 0.05) is 32.5 Å². The topological polar surface area (TPSA) is 49.4 Å². The summed E-state index contributed by atoms with van der Waals surface area (Å²) < 4.78 is 0. The van der Waals surface area contributed by atoms with E-state index in [1.54, 1.807) is 6.92 Å². The van der Waals surface area contributed by atoms with Crippen LogP contribution in [0.1, 0.15) is 79.6 Å². The Morgan fingerprint density at radius 1 is 1.14 bits per heavy atom. The molecule has 3 saturated carbocycles. The van der Waals surface area contributed by atoms with Crippen molar-refractivity contribution in [3.63, 3.8) is 0 Å². The van der Waals surface area contributed by atoms with Crippen LogP contribution in [0.4, 0.5) is 0 Å². The molecule has 0 radical (unpaired) electrons. The monoisotopic (exact) mass is 388 g/mol. The molecule has 158 valence electrons. The smallest absolute Gasteiger partial charge is 0.222 e. The fourth-order valence-electron chi connectivity index (χ4n) is 9.03. The number of rotatable bonds is 2. The van der Waals surface area contributed by atoms with Gasteiger partial charge in [-0.2, -0.15) is 0 Å². The third-order valence-corrected chi connectivity index (χ3v) is 9.96. The molecule has 9 atom stereocenters. The Morgan fingerprint density at radius 3 is 2.54 bits per heavy atom. The highest BCUT2D eigenvalue weighted by molar-refractivity contribution is 5.77. The molecule has 3 aliphatic carbocycles. The number of amides is 2. The normalized spacial score (nSPS) is 49.1. The number of piperidine rings is 1. The maximum Gasteiger partial charge on any atom is 0.222 e. The van der Waals surface area contributed by atoms with Gasteiger partial charge in [-0.25, -0.2) is 0 Å². The summed E-state index contributed by atoms with van der Waals surface area (Å²) in [7, 11) is 2.04. The Bertz CT molecular complexity index is 663. The van der Waals surface area contributed by atoms with Gasteiger partial charge in [0.1, 0.15) is 0 Å². The van der Waals surface area contributed by atoms with E-state index in [9.17, 15) is 9.59 Å². The lowest BCUT2D eigenvalue weighted by Crippen LogP contribution is -2.61. The van der Waals surface area contributed by atoms with Crippen molar-refractivity contribution in [3.8, 4) is 0 Å². The number of hydrogen-bond donors (Lipinski definition) is 1. The Kier molecular flexibility index (Phi) is 4.87. The molecule has 1 saturated heterocycles. The molecule has 4 nitrogen and oxygen atoms in total. The first-order valence-electron chi connectivity index (χ1n) is 11.6. The van der Waals surface area contributed by atoms with Crippen LogP contribution in [0.5, 0.6) is 0 Å². The molecule has 0 bridgehead atoms. The second kappa shape index (κ2) is 6.74. The van der Waals surface area contributed by atoms with E-state index in [1.807, 2.05) is 7.05 Å². The molecule has 1 aliphatic heterocycles. The maximum absolute atomic E-state index is 12.3. The van der Waals surface area contributed by atoms with Crippen molar-refractivity contribution in [1.29, 1.82) is 0 Å². The van der Waals surface area contributed by atoms with E-state index < -0.39 is 0 Å². The SMILES string of the molecule is CC(=O)N[C@@H](C)[C@H]1[C@@H](C)C[C@H]2[C@@H]3CC[C@H]4N(C)C(=O)CC[C@]4(C)[C@H]3CC[C@]12C. The minimum absolute atomic E-state index is 0.100. The number of likely N-dealkylation sites (tertiary alicyclic amines) is 1. The molecule has 4 aliphatic rings. The van der Waals surface area contributed by atoms with Gasteiger partial charge in [-0.05, 0) is 85.9 Å². The third-order valence-electron chi connectivity index (χ3n) is 9.96. The van der Waals surface area contributed by atoms with Crippen LogP contribution in [0.3, 0.4) is 0 Å². The van der Waals surface area contributed by atoms with Gasteiger partial charge in [0.05, 0.1) is 0 Å². The number of hydrogen-bond acceptors (Lipinski definition) is 2. The molecule has 0 aromatic carbocycles. The number of carbonyl (C=O) groups is 2. The van der Waals surface area contributed by atoms with Crippen LogP contribution in [0.25, 0.3) is 0 Å². The Hall–Kier alpha value is -1.06. The molecule has 2 amide bonds. The highest BCUT2D eigenvalue weighted by Crippen LogP contribution is 2.67. The number of nitrogens with zero attached hydrogens (tertiary/aromatic N) is 1. The molecular formula is C24H40N2O2. The summed E-state index contributed by atoms with van der Waals surface area (Å²) in [5.74, 6) is 3.99. The van der Waals surface area contributed by atoms with Gasteiger partial charge in [0.2, 0.25) is 11.8 Å². The van der Waals surface area contributed by atoms with Crippen LogP contribution in [-0.4, -0.2) is 35.8 Å². The molecule has 4 rings (SSSR count). The molecule has 4 heteroatoms. The predicted molar refractivity (Wildman–Crippen MR) is 111 cm³/mol. The highest BCUT2D eigenvalue weighted by Gasteiger charge is 2.63. The first-order valence-corrected chi connectivity index (χ1v) is 11.6. The van der Waals surface area contributed by atoms with Crippen LogP contribution in [0, 0.1) is 40.4 Å². The Morgan fingerprint density at radius 2 is 1.86 bits per heavy atom. The average Bonchev–Trinajstić information content (AvgIpc) is 2.88. The molecular weight excluding hydrogens is 348 g/mol. The lowest BCUT2D eigenvalue weighted by Gasteiger charge is -2.62. The van der Waals surface area contributed by atoms with Crippen LogP contribution in [0.15, 0.2) is 0 Å². The summed E-state index contributed by atoms with van der Waals surface area (Å²) in [6, 6.07) is 0.691. The molecule has 0 spiro atoms. The minimum Gasteiger partial charge on any atom is -0.354 e. The molecule has 1 N–H and O–H groups in total. The van der Waals surface area contributed by atoms with E-state index >= 15 is 0 Å². The van der Waals surface area contributed by atoms with E-state index in [2.05, 4.69) is 37.9 Å². The van der Waals surface area contributed by atoms with Gasteiger partial charge in [-0.1, -0.05) is 20.8 Å². The molecule has 0 aromatic heterocycles. The Balaban J connectivity index is 1.61. The number of carbonyl (C=O) groups excluding carboxylic acids is 2. The summed E-state index contributed by atoms with van der Waals surface area (Å²) in [4.78, 5) is 26.1. The van der Waals surface area contributed by atoms with Crippen LogP contribution < -0.4 is 5.32 Å². The zero-order valence-electron chi connectivity index (χ0n) is 18.8. The van der Waals surface area contributed by atoms with E-state index in [-0.39, 0.29) is 17.4 Å². The lowest BCUT2D eigenvalue weighted by molar-refractivity contribution is -0.158. The van der Waals surface area contributed by atoms with Gasteiger partial charge >= 0.3 is 0 Å². The van der Waals surface area contributed by atoms with E-state index in [0.717, 1.165) is 30.6 Å². The largest absolute Gasteiger partial charge is 0.354 e. The first kappa shape index (κ1) is 20.2. The van der Waals surface area contributed by atoms with Crippen molar-refractivity contribution < 1.29 is 9.59 Å². The van der Waals surface area contributed by atoms with Gasteiger partial charge in [-0.15, -0.1) is 0 Å². The van der Waals surface area contributed by atoms with Gasteiger partial charge in [0.15, 0.2) is 0 Å². The summed E-state index contributed by atoms with van der Waals surface area (Å²) in [5, 5.41) is 3.23. The van der Waals surface area contributed by atoms with Gasteiger partial charge in [-0.3, -0.25) is 9.59 Å². The second-order valence-electron chi connectivity index (χ2n) is 11.3. The standard InChI is InChI=1S/C24H40N2O2/c1-14-13-19-17-7-8-20-23(4,12-10-21(28)26(20)6)18(17)9-11-24(19,5)22(14)15(2)25-16(3)27/h14-15,17-20,22H,7-13H2,1-6H3,(H,25,27)/t14-,15-,17+,18-,19-,20+,22+,23+,24-/m0/s1. The quantitative estimate of drug-likeness (QED) is 0.769. The number of nitrogens with one attached hydrogen (secondary N) is 1.